The highest BCUT2D eigenvalue weighted by molar-refractivity contribution is 8.00. The van der Waals surface area contributed by atoms with Crippen molar-refractivity contribution in [2.75, 3.05) is 11.1 Å². The molecule has 3 rings (SSSR count). The van der Waals surface area contributed by atoms with E-state index in [0.717, 1.165) is 11.3 Å². The number of para-hydroxylation sites is 1. The minimum Gasteiger partial charge on any atom is -0.322 e. The van der Waals surface area contributed by atoms with Crippen LogP contribution in [0, 0.1) is 19.7 Å². The van der Waals surface area contributed by atoms with E-state index < -0.39 is 0 Å². The number of amides is 1. The number of nitrogens with zero attached hydrogens (tertiary/aromatic N) is 1. The molecule has 3 aromatic rings. The smallest absolute Gasteiger partial charge is 0.258 e. The average molecular weight is 394 g/mol. The van der Waals surface area contributed by atoms with Crippen molar-refractivity contribution < 1.29 is 14.0 Å². The number of thioether (sulfide) groups is 1. The molecule has 1 N–H and O–H groups in total. The number of aryl methyl sites for hydroxylation is 2. The lowest BCUT2D eigenvalue weighted by atomic mass is 10.1. The number of hydrogen-bond donors (Lipinski definition) is 1. The summed E-state index contributed by atoms with van der Waals surface area (Å²) in [7, 11) is 0. The zero-order chi connectivity index (χ0) is 20.1. The van der Waals surface area contributed by atoms with Crippen molar-refractivity contribution in [2.45, 2.75) is 18.9 Å². The van der Waals surface area contributed by atoms with Crippen LogP contribution in [0.5, 0.6) is 0 Å². The van der Waals surface area contributed by atoms with Crippen LogP contribution in [0.3, 0.4) is 0 Å². The van der Waals surface area contributed by atoms with Gasteiger partial charge in [0.2, 0.25) is 0 Å². The van der Waals surface area contributed by atoms with Crippen LogP contribution in [0.25, 0.3) is 0 Å². The van der Waals surface area contributed by atoms with Gasteiger partial charge in [0.15, 0.2) is 5.78 Å². The lowest BCUT2D eigenvalue weighted by Crippen LogP contribution is -2.16. The van der Waals surface area contributed by atoms with Crippen LogP contribution < -0.4 is 5.32 Å². The summed E-state index contributed by atoms with van der Waals surface area (Å²) in [6, 6.07) is 16.4. The summed E-state index contributed by atoms with van der Waals surface area (Å²) in [5, 5.41) is 3.37. The maximum Gasteiger partial charge on any atom is 0.258 e. The van der Waals surface area contributed by atoms with Crippen molar-refractivity contribution in [3.8, 4) is 0 Å². The van der Waals surface area contributed by atoms with Crippen LogP contribution in [-0.2, 0) is 0 Å². The Morgan fingerprint density at radius 2 is 1.71 bits per heavy atom. The van der Waals surface area contributed by atoms with Crippen LogP contribution in [0.1, 0.15) is 32.0 Å². The summed E-state index contributed by atoms with van der Waals surface area (Å²) >= 11 is 1.21. The highest BCUT2D eigenvalue weighted by Gasteiger charge is 2.19. The van der Waals surface area contributed by atoms with Crippen molar-refractivity contribution in [1.29, 1.82) is 0 Å². The number of halogens is 1. The first-order valence-electron chi connectivity index (χ1n) is 8.70. The molecule has 0 aliphatic heterocycles. The van der Waals surface area contributed by atoms with Gasteiger partial charge in [-0.25, -0.2) is 9.37 Å². The van der Waals surface area contributed by atoms with Gasteiger partial charge in [0.05, 0.1) is 11.3 Å². The molecule has 0 atom stereocenters. The number of aromatic nitrogens is 1. The van der Waals surface area contributed by atoms with Gasteiger partial charge in [-0.1, -0.05) is 30.0 Å². The Kier molecular flexibility index (Phi) is 6.21. The molecule has 0 aliphatic carbocycles. The second kappa shape index (κ2) is 8.80. The summed E-state index contributed by atoms with van der Waals surface area (Å²) < 4.78 is 13.0. The van der Waals surface area contributed by atoms with E-state index in [2.05, 4.69) is 10.3 Å². The standard InChI is InChI=1S/C22H19FN2O2S/c1-14-12-15(2)24-22(20(14)21(27)25-18-6-4-3-5-7-18)28-13-19(26)16-8-10-17(23)11-9-16/h3-12H,13H2,1-2H3,(H,25,27). The van der Waals surface area contributed by atoms with Gasteiger partial charge in [0.1, 0.15) is 10.8 Å². The van der Waals surface area contributed by atoms with E-state index in [1.165, 1.54) is 36.0 Å². The van der Waals surface area contributed by atoms with E-state index in [1.807, 2.05) is 38.1 Å². The monoisotopic (exact) mass is 394 g/mol. The SMILES string of the molecule is Cc1cc(C)c(C(=O)Nc2ccccc2)c(SCC(=O)c2ccc(F)cc2)n1. The highest BCUT2D eigenvalue weighted by atomic mass is 32.2. The minimum absolute atomic E-state index is 0.104. The second-order valence-electron chi connectivity index (χ2n) is 6.30. The third-order valence-corrected chi connectivity index (χ3v) is 5.05. The number of benzene rings is 2. The molecule has 142 valence electrons. The topological polar surface area (TPSA) is 59.1 Å². The third-order valence-electron chi connectivity index (χ3n) is 4.08. The number of pyridine rings is 1. The number of carbonyl (C=O) groups excluding carboxylic acids is 2. The van der Waals surface area contributed by atoms with E-state index in [9.17, 15) is 14.0 Å². The summed E-state index contributed by atoms with van der Waals surface area (Å²) in [5.74, 6) is -0.707. The summed E-state index contributed by atoms with van der Waals surface area (Å²) in [6.45, 7) is 3.69. The Morgan fingerprint density at radius 3 is 2.39 bits per heavy atom. The Bertz CT molecular complexity index is 1010. The quantitative estimate of drug-likeness (QED) is 0.469. The van der Waals surface area contributed by atoms with Gasteiger partial charge >= 0.3 is 0 Å². The Labute approximate surface area is 167 Å². The van der Waals surface area contributed by atoms with Crippen molar-refractivity contribution in [2.24, 2.45) is 0 Å². The predicted molar refractivity (Wildman–Crippen MR) is 110 cm³/mol. The maximum absolute atomic E-state index is 13.0. The molecule has 0 saturated carbocycles. The molecule has 0 bridgehead atoms. The molecule has 1 amide bonds. The average Bonchev–Trinajstić information content (AvgIpc) is 2.67. The first kappa shape index (κ1) is 19.8. The zero-order valence-corrected chi connectivity index (χ0v) is 16.3. The molecule has 1 aromatic heterocycles. The number of Topliss-reactive ketones (excluding diaryl/α,β-unsaturated/α-hetero) is 1. The lowest BCUT2D eigenvalue weighted by molar-refractivity contribution is 0.101. The number of hydrogen-bond acceptors (Lipinski definition) is 4. The summed E-state index contributed by atoms with van der Waals surface area (Å²) in [4.78, 5) is 29.7. The number of carbonyl (C=O) groups is 2. The van der Waals surface area contributed by atoms with Crippen LogP contribution >= 0.6 is 11.8 Å². The minimum atomic E-state index is -0.389. The van der Waals surface area contributed by atoms with Crippen molar-refractivity contribution in [3.05, 3.63) is 88.9 Å². The van der Waals surface area contributed by atoms with Crippen LogP contribution in [0.4, 0.5) is 10.1 Å². The Hall–Kier alpha value is -2.99. The highest BCUT2D eigenvalue weighted by Crippen LogP contribution is 2.26. The van der Waals surface area contributed by atoms with Crippen molar-refractivity contribution in [1.82, 2.24) is 4.98 Å². The number of ketones is 1. The third kappa shape index (κ3) is 4.84. The predicted octanol–water partition coefficient (Wildman–Crippen LogP) is 5.06. The van der Waals surface area contributed by atoms with Gasteiger partial charge in [0, 0.05) is 16.9 Å². The Balaban J connectivity index is 1.81. The zero-order valence-electron chi connectivity index (χ0n) is 15.5. The first-order chi connectivity index (χ1) is 13.4. The van der Waals surface area contributed by atoms with Gasteiger partial charge in [-0.15, -0.1) is 0 Å². The van der Waals surface area contributed by atoms with Crippen molar-refractivity contribution in [3.63, 3.8) is 0 Å². The largest absolute Gasteiger partial charge is 0.322 e. The van der Waals surface area contributed by atoms with Crippen LogP contribution in [0.2, 0.25) is 0 Å². The molecule has 0 radical (unpaired) electrons. The molecular formula is C22H19FN2O2S. The molecule has 0 fully saturated rings. The molecule has 2 aromatic carbocycles. The Morgan fingerprint density at radius 1 is 1.04 bits per heavy atom. The van der Waals surface area contributed by atoms with E-state index in [4.69, 9.17) is 0 Å². The van der Waals surface area contributed by atoms with Crippen LogP contribution in [-0.4, -0.2) is 22.4 Å². The number of nitrogens with one attached hydrogen (secondary N) is 1. The molecule has 0 aliphatic rings. The van der Waals surface area contributed by atoms with E-state index >= 15 is 0 Å². The number of anilines is 1. The van der Waals surface area contributed by atoms with Gasteiger partial charge < -0.3 is 5.32 Å². The molecule has 6 heteroatoms. The molecule has 28 heavy (non-hydrogen) atoms. The normalized spacial score (nSPS) is 10.5. The summed E-state index contributed by atoms with van der Waals surface area (Å²) in [5.41, 5.74) is 3.12. The van der Waals surface area contributed by atoms with Crippen molar-refractivity contribution >= 4 is 29.1 Å². The molecule has 0 spiro atoms. The van der Waals surface area contributed by atoms with E-state index in [-0.39, 0.29) is 23.3 Å². The van der Waals surface area contributed by atoms with Gasteiger partial charge in [-0.05, 0) is 61.9 Å². The summed E-state index contributed by atoms with van der Waals surface area (Å²) in [6.07, 6.45) is 0. The van der Waals surface area contributed by atoms with Gasteiger partial charge in [0.25, 0.3) is 5.91 Å². The van der Waals surface area contributed by atoms with E-state index in [1.54, 1.807) is 12.1 Å². The molecule has 0 unspecified atom stereocenters. The second-order valence-corrected chi connectivity index (χ2v) is 7.26. The fourth-order valence-electron chi connectivity index (χ4n) is 2.75. The van der Waals surface area contributed by atoms with Crippen LogP contribution in [0.15, 0.2) is 65.7 Å². The lowest BCUT2D eigenvalue weighted by Gasteiger charge is -2.13. The van der Waals surface area contributed by atoms with Gasteiger partial charge in [-0.2, -0.15) is 0 Å². The molecule has 0 saturated heterocycles. The number of rotatable bonds is 6. The maximum atomic E-state index is 13.0. The molecule has 4 nitrogen and oxygen atoms in total. The van der Waals surface area contributed by atoms with E-state index in [0.29, 0.717) is 21.8 Å². The fraction of sp³-hybridized carbons (Fsp3) is 0.136. The first-order valence-corrected chi connectivity index (χ1v) is 9.69. The fourth-order valence-corrected chi connectivity index (χ4v) is 3.79. The van der Waals surface area contributed by atoms with Gasteiger partial charge in [-0.3, -0.25) is 9.59 Å². The molecule has 1 heterocycles. The molecular weight excluding hydrogens is 375 g/mol.